The second-order valence-corrected chi connectivity index (χ2v) is 7.58. The molecule has 0 spiro atoms. The highest BCUT2D eigenvalue weighted by molar-refractivity contribution is 9.10. The van der Waals surface area contributed by atoms with Crippen LogP contribution in [0.1, 0.15) is 11.4 Å². The number of rotatable bonds is 2. The molecule has 1 aliphatic heterocycles. The Labute approximate surface area is 174 Å². The van der Waals surface area contributed by atoms with Crippen molar-refractivity contribution in [3.63, 3.8) is 0 Å². The molecule has 0 atom stereocenters. The van der Waals surface area contributed by atoms with Gasteiger partial charge in [-0.25, -0.2) is 4.98 Å². The van der Waals surface area contributed by atoms with Gasteiger partial charge in [0.1, 0.15) is 5.82 Å². The van der Waals surface area contributed by atoms with E-state index in [9.17, 15) is 9.59 Å². The molecule has 0 unspecified atom stereocenters. The van der Waals surface area contributed by atoms with Crippen molar-refractivity contribution in [3.8, 4) is 5.69 Å². The molecule has 0 bridgehead atoms. The maximum atomic E-state index is 13.3. The third-order valence-electron chi connectivity index (χ3n) is 4.87. The van der Waals surface area contributed by atoms with Gasteiger partial charge >= 0.3 is 0 Å². The number of nitrogens with zero attached hydrogens (tertiary/aromatic N) is 2. The molecule has 5 nitrogen and oxygen atoms in total. The monoisotopic (exact) mass is 443 g/mol. The lowest BCUT2D eigenvalue weighted by atomic mass is 10.1. The Kier molecular flexibility index (Phi) is 4.14. The summed E-state index contributed by atoms with van der Waals surface area (Å²) in [5.41, 5.74) is 3.11. The molecule has 1 amide bonds. The molecule has 29 heavy (non-hydrogen) atoms. The third kappa shape index (κ3) is 2.98. The van der Waals surface area contributed by atoms with Crippen molar-refractivity contribution in [2.24, 2.45) is 0 Å². The molecule has 0 saturated heterocycles. The van der Waals surface area contributed by atoms with Gasteiger partial charge in [-0.2, -0.15) is 0 Å². The number of benzene rings is 3. The summed E-state index contributed by atoms with van der Waals surface area (Å²) < 4.78 is 2.45. The molecular formula is C23H14BrN3O2. The number of amides is 1. The maximum Gasteiger partial charge on any atom is 0.266 e. The molecule has 4 aromatic rings. The topological polar surface area (TPSA) is 64.0 Å². The number of hydrogen-bond acceptors (Lipinski definition) is 3. The van der Waals surface area contributed by atoms with E-state index >= 15 is 0 Å². The standard InChI is InChI=1S/C23H14BrN3O2/c24-14-9-11-15(12-10-14)27-21(25-20-8-4-2-6-17(20)23(27)29)13-18-16-5-1-3-7-19(16)26-22(18)28/h1-13H,(H,26,28)/b18-13-. The number of para-hydroxylation sites is 2. The number of fused-ring (bicyclic) bond motifs is 2. The van der Waals surface area contributed by atoms with Crippen LogP contribution in [0.15, 0.2) is 82.1 Å². The highest BCUT2D eigenvalue weighted by atomic mass is 79.9. The van der Waals surface area contributed by atoms with Crippen LogP contribution in [0, 0.1) is 0 Å². The molecular weight excluding hydrogens is 430 g/mol. The maximum absolute atomic E-state index is 13.3. The highest BCUT2D eigenvalue weighted by Crippen LogP contribution is 2.32. The molecule has 140 valence electrons. The van der Waals surface area contributed by atoms with Crippen LogP contribution in [0.25, 0.3) is 28.2 Å². The first-order valence-corrected chi connectivity index (χ1v) is 9.81. The van der Waals surface area contributed by atoms with Crippen molar-refractivity contribution in [2.45, 2.75) is 0 Å². The molecule has 2 heterocycles. The lowest BCUT2D eigenvalue weighted by Crippen LogP contribution is -2.22. The van der Waals surface area contributed by atoms with Crippen molar-refractivity contribution in [1.29, 1.82) is 0 Å². The van der Waals surface area contributed by atoms with E-state index in [0.717, 1.165) is 15.7 Å². The average Bonchev–Trinajstić information content (AvgIpc) is 3.05. The SMILES string of the molecule is O=C1Nc2ccccc2/C1=C/c1nc2ccccc2c(=O)n1-c1ccc(Br)cc1. The molecule has 0 fully saturated rings. The minimum atomic E-state index is -0.212. The molecule has 0 radical (unpaired) electrons. The Hall–Kier alpha value is -3.51. The first kappa shape index (κ1) is 17.6. The second kappa shape index (κ2) is 6.83. The third-order valence-corrected chi connectivity index (χ3v) is 5.40. The van der Waals surface area contributed by atoms with Crippen molar-refractivity contribution in [1.82, 2.24) is 9.55 Å². The van der Waals surface area contributed by atoms with Crippen LogP contribution in [0.3, 0.4) is 0 Å². The van der Waals surface area contributed by atoms with Crippen LogP contribution in [0.4, 0.5) is 5.69 Å². The molecule has 3 aromatic carbocycles. The number of hydrogen-bond donors (Lipinski definition) is 1. The lowest BCUT2D eigenvalue weighted by molar-refractivity contribution is -0.110. The zero-order valence-corrected chi connectivity index (χ0v) is 16.7. The van der Waals surface area contributed by atoms with Gasteiger partial charge in [0.15, 0.2) is 0 Å². The summed E-state index contributed by atoms with van der Waals surface area (Å²) in [6.07, 6.45) is 1.68. The van der Waals surface area contributed by atoms with Crippen molar-refractivity contribution in [2.75, 3.05) is 5.32 Å². The van der Waals surface area contributed by atoms with Crippen molar-refractivity contribution >= 4 is 50.1 Å². The minimum absolute atomic E-state index is 0.184. The number of anilines is 1. The van der Waals surface area contributed by atoms with Crippen LogP contribution in [0.5, 0.6) is 0 Å². The van der Waals surface area contributed by atoms with Crippen LogP contribution >= 0.6 is 15.9 Å². The number of aromatic nitrogens is 2. The summed E-state index contributed by atoms with van der Waals surface area (Å²) in [5, 5.41) is 3.38. The van der Waals surface area contributed by atoms with E-state index in [1.165, 1.54) is 4.57 Å². The van der Waals surface area contributed by atoms with Gasteiger partial charge < -0.3 is 5.32 Å². The Balaban J connectivity index is 1.82. The largest absolute Gasteiger partial charge is 0.321 e. The number of carbonyl (C=O) groups excluding carboxylic acids is 1. The van der Waals surface area contributed by atoms with Crippen LogP contribution < -0.4 is 10.9 Å². The van der Waals surface area contributed by atoms with Crippen molar-refractivity contribution < 1.29 is 4.79 Å². The second-order valence-electron chi connectivity index (χ2n) is 6.66. The molecule has 1 N–H and O–H groups in total. The van der Waals surface area contributed by atoms with Gasteiger partial charge in [-0.1, -0.05) is 46.3 Å². The Bertz CT molecular complexity index is 1370. The summed E-state index contributed by atoms with van der Waals surface area (Å²) in [4.78, 5) is 30.6. The van der Waals surface area contributed by atoms with Gasteiger partial charge in [-0.05, 0) is 48.5 Å². The molecule has 6 heteroatoms. The summed E-state index contributed by atoms with van der Waals surface area (Å²) in [7, 11) is 0. The molecule has 1 aliphatic rings. The zero-order valence-electron chi connectivity index (χ0n) is 15.1. The fourth-order valence-electron chi connectivity index (χ4n) is 3.50. The summed E-state index contributed by atoms with van der Waals surface area (Å²) in [6, 6.07) is 22.1. The van der Waals surface area contributed by atoms with Crippen molar-refractivity contribution in [3.05, 3.63) is 99.0 Å². The van der Waals surface area contributed by atoms with E-state index in [-0.39, 0.29) is 11.5 Å². The first-order chi connectivity index (χ1) is 14.1. The summed E-state index contributed by atoms with van der Waals surface area (Å²) >= 11 is 3.42. The smallest absolute Gasteiger partial charge is 0.266 e. The Morgan fingerprint density at radius 3 is 2.45 bits per heavy atom. The normalized spacial score (nSPS) is 14.2. The number of nitrogens with one attached hydrogen (secondary N) is 1. The fraction of sp³-hybridized carbons (Fsp3) is 0. The van der Waals surface area contributed by atoms with Crippen LogP contribution in [-0.2, 0) is 4.79 Å². The first-order valence-electron chi connectivity index (χ1n) is 9.02. The number of carbonyl (C=O) groups is 1. The quantitative estimate of drug-likeness (QED) is 0.459. The fourth-order valence-corrected chi connectivity index (χ4v) is 3.76. The van der Waals surface area contributed by atoms with E-state index in [1.807, 2.05) is 60.7 Å². The predicted molar refractivity (Wildman–Crippen MR) is 118 cm³/mol. The van der Waals surface area contributed by atoms with Crippen LogP contribution in [0.2, 0.25) is 0 Å². The van der Waals surface area contributed by atoms with E-state index in [1.54, 1.807) is 18.2 Å². The molecule has 5 rings (SSSR count). The van der Waals surface area contributed by atoms with Gasteiger partial charge in [0.05, 0.1) is 22.2 Å². The Morgan fingerprint density at radius 2 is 1.62 bits per heavy atom. The van der Waals surface area contributed by atoms with Gasteiger partial charge in [0.2, 0.25) is 0 Å². The molecule has 0 saturated carbocycles. The van der Waals surface area contributed by atoms with Gasteiger partial charge in [0.25, 0.3) is 11.5 Å². The van der Waals surface area contributed by atoms with E-state index in [0.29, 0.717) is 28.0 Å². The summed E-state index contributed by atoms with van der Waals surface area (Å²) in [6.45, 7) is 0. The Morgan fingerprint density at radius 1 is 0.897 bits per heavy atom. The molecule has 0 aliphatic carbocycles. The summed E-state index contributed by atoms with van der Waals surface area (Å²) in [5.74, 6) is 0.189. The average molecular weight is 444 g/mol. The predicted octanol–water partition coefficient (Wildman–Crippen LogP) is 4.64. The highest BCUT2D eigenvalue weighted by Gasteiger charge is 2.24. The van der Waals surface area contributed by atoms with E-state index < -0.39 is 0 Å². The van der Waals surface area contributed by atoms with Gasteiger partial charge in [-0.15, -0.1) is 0 Å². The number of halogens is 1. The van der Waals surface area contributed by atoms with E-state index in [2.05, 4.69) is 21.2 Å². The van der Waals surface area contributed by atoms with Crippen LogP contribution in [-0.4, -0.2) is 15.5 Å². The molecule has 1 aromatic heterocycles. The lowest BCUT2D eigenvalue weighted by Gasteiger charge is -2.12. The minimum Gasteiger partial charge on any atom is -0.321 e. The van der Waals surface area contributed by atoms with Gasteiger partial charge in [-0.3, -0.25) is 14.2 Å². The van der Waals surface area contributed by atoms with Gasteiger partial charge in [0, 0.05) is 15.7 Å². The zero-order chi connectivity index (χ0) is 20.0. The van der Waals surface area contributed by atoms with E-state index in [4.69, 9.17) is 4.98 Å².